The molecule has 1 heterocycles. The van der Waals surface area contributed by atoms with Gasteiger partial charge in [0.05, 0.1) is 10.7 Å². The van der Waals surface area contributed by atoms with Crippen LogP contribution in [0.25, 0.3) is 0 Å². The summed E-state index contributed by atoms with van der Waals surface area (Å²) in [5, 5.41) is 9.07. The third-order valence-electron chi connectivity index (χ3n) is 2.74. The molecule has 0 unspecified atom stereocenters. The van der Waals surface area contributed by atoms with Crippen LogP contribution in [0.5, 0.6) is 0 Å². The van der Waals surface area contributed by atoms with Crippen LogP contribution in [-0.4, -0.2) is 19.5 Å². The highest BCUT2D eigenvalue weighted by molar-refractivity contribution is 7.92. The van der Waals surface area contributed by atoms with Crippen molar-refractivity contribution < 1.29 is 22.7 Å². The summed E-state index contributed by atoms with van der Waals surface area (Å²) in [6.07, 6.45) is 0. The molecule has 0 bridgehead atoms. The minimum absolute atomic E-state index is 0.0105. The average molecular weight is 330 g/mol. The molecule has 0 fully saturated rings. The molecule has 21 heavy (non-hydrogen) atoms. The lowest BCUT2D eigenvalue weighted by Gasteiger charge is -2.09. The third-order valence-corrected chi connectivity index (χ3v) is 4.54. The summed E-state index contributed by atoms with van der Waals surface area (Å²) in [6.45, 7) is 3.17. The van der Waals surface area contributed by atoms with E-state index in [1.807, 2.05) is 0 Å². The lowest BCUT2D eigenvalue weighted by atomic mass is 10.2. The van der Waals surface area contributed by atoms with E-state index in [0.717, 1.165) is 11.6 Å². The molecule has 0 aliphatic rings. The van der Waals surface area contributed by atoms with Crippen LogP contribution >= 0.6 is 11.6 Å². The lowest BCUT2D eigenvalue weighted by molar-refractivity contribution is 0.0661. The molecule has 0 saturated heterocycles. The van der Waals surface area contributed by atoms with Crippen molar-refractivity contribution in [3.63, 3.8) is 0 Å². The van der Waals surface area contributed by atoms with Crippen LogP contribution in [0, 0.1) is 13.8 Å². The second-order valence-electron chi connectivity index (χ2n) is 4.43. The summed E-state index contributed by atoms with van der Waals surface area (Å²) >= 11 is 5.94. The monoisotopic (exact) mass is 329 g/mol. The van der Waals surface area contributed by atoms with Crippen LogP contribution in [0.2, 0.25) is 5.02 Å². The molecular formula is C13H12ClNO5S. The number of carbonyl (C=O) groups is 1. The van der Waals surface area contributed by atoms with Crippen molar-refractivity contribution in [3.8, 4) is 0 Å². The summed E-state index contributed by atoms with van der Waals surface area (Å²) in [5.74, 6) is -1.79. The third kappa shape index (κ3) is 3.20. The molecule has 0 atom stereocenters. The molecule has 0 radical (unpaired) electrons. The number of carboxylic acid groups (broad SMARTS) is 1. The lowest BCUT2D eigenvalue weighted by Crippen LogP contribution is -2.13. The maximum atomic E-state index is 12.3. The number of anilines is 1. The SMILES string of the molecule is Cc1ccc(Cl)c(NS(=O)(=O)c2cc(C(=O)O)oc2C)c1. The molecule has 0 saturated carbocycles. The molecular weight excluding hydrogens is 318 g/mol. The molecule has 112 valence electrons. The number of rotatable bonds is 4. The Morgan fingerprint density at radius 1 is 1.29 bits per heavy atom. The zero-order valence-corrected chi connectivity index (χ0v) is 12.7. The summed E-state index contributed by atoms with van der Waals surface area (Å²) in [7, 11) is -3.99. The van der Waals surface area contributed by atoms with Crippen molar-refractivity contribution in [2.24, 2.45) is 0 Å². The molecule has 0 aliphatic heterocycles. The Morgan fingerprint density at radius 2 is 1.95 bits per heavy atom. The van der Waals surface area contributed by atoms with Gasteiger partial charge in [0.1, 0.15) is 10.7 Å². The molecule has 1 aromatic heterocycles. The van der Waals surface area contributed by atoms with Gasteiger partial charge in [-0.15, -0.1) is 0 Å². The van der Waals surface area contributed by atoms with Crippen molar-refractivity contribution in [2.45, 2.75) is 18.7 Å². The number of nitrogens with one attached hydrogen (secondary N) is 1. The van der Waals surface area contributed by atoms with E-state index in [-0.39, 0.29) is 21.4 Å². The summed E-state index contributed by atoms with van der Waals surface area (Å²) in [6, 6.07) is 5.85. The number of benzene rings is 1. The summed E-state index contributed by atoms with van der Waals surface area (Å²) in [4.78, 5) is 10.6. The van der Waals surface area contributed by atoms with Crippen LogP contribution in [0.15, 0.2) is 33.6 Å². The zero-order chi connectivity index (χ0) is 15.8. The van der Waals surface area contributed by atoms with Crippen LogP contribution in [0.3, 0.4) is 0 Å². The molecule has 2 N–H and O–H groups in total. The van der Waals surface area contributed by atoms with Gasteiger partial charge in [-0.25, -0.2) is 13.2 Å². The highest BCUT2D eigenvalue weighted by Gasteiger charge is 2.24. The van der Waals surface area contributed by atoms with Crippen molar-refractivity contribution in [2.75, 3.05) is 4.72 Å². The fourth-order valence-electron chi connectivity index (χ4n) is 1.75. The minimum atomic E-state index is -3.99. The molecule has 0 spiro atoms. The zero-order valence-electron chi connectivity index (χ0n) is 11.2. The van der Waals surface area contributed by atoms with Crippen molar-refractivity contribution in [3.05, 3.63) is 46.4 Å². The first-order chi connectivity index (χ1) is 9.70. The number of furan rings is 1. The maximum Gasteiger partial charge on any atom is 0.371 e. The Hall–Kier alpha value is -1.99. The van der Waals surface area contributed by atoms with E-state index in [4.69, 9.17) is 21.1 Å². The van der Waals surface area contributed by atoms with Gasteiger partial charge in [-0.2, -0.15) is 0 Å². The van der Waals surface area contributed by atoms with Gasteiger partial charge >= 0.3 is 5.97 Å². The number of aryl methyl sites for hydroxylation is 2. The number of aromatic carboxylic acids is 1. The Balaban J connectivity index is 2.43. The van der Waals surface area contributed by atoms with Gasteiger partial charge in [0.2, 0.25) is 5.76 Å². The molecule has 0 amide bonds. The van der Waals surface area contributed by atoms with E-state index >= 15 is 0 Å². The smallest absolute Gasteiger partial charge is 0.371 e. The van der Waals surface area contributed by atoms with Crippen LogP contribution in [-0.2, 0) is 10.0 Å². The number of sulfonamides is 1. The molecule has 2 aromatic rings. The van der Waals surface area contributed by atoms with Gasteiger partial charge in [-0.05, 0) is 31.5 Å². The molecule has 2 rings (SSSR count). The van der Waals surface area contributed by atoms with E-state index in [9.17, 15) is 13.2 Å². The fourth-order valence-corrected chi connectivity index (χ4v) is 3.23. The predicted molar refractivity (Wildman–Crippen MR) is 77.4 cm³/mol. The number of halogens is 1. The van der Waals surface area contributed by atoms with Crippen LogP contribution in [0.1, 0.15) is 21.9 Å². The van der Waals surface area contributed by atoms with Crippen LogP contribution < -0.4 is 4.72 Å². The van der Waals surface area contributed by atoms with Gasteiger partial charge < -0.3 is 9.52 Å². The van der Waals surface area contributed by atoms with Crippen molar-refractivity contribution >= 4 is 33.3 Å². The summed E-state index contributed by atoms with van der Waals surface area (Å²) in [5.41, 5.74) is 1.04. The quantitative estimate of drug-likeness (QED) is 0.898. The van der Waals surface area contributed by atoms with E-state index in [2.05, 4.69) is 4.72 Å². The standard InChI is InChI=1S/C13H12ClNO5S/c1-7-3-4-9(14)10(5-7)15-21(18,19)12-6-11(13(16)17)20-8(12)2/h3-6,15H,1-2H3,(H,16,17). The second-order valence-corrected chi connectivity index (χ2v) is 6.48. The molecule has 8 heteroatoms. The second kappa shape index (κ2) is 5.42. The normalized spacial score (nSPS) is 11.4. The number of hydrogen-bond acceptors (Lipinski definition) is 4. The van der Waals surface area contributed by atoms with Gasteiger partial charge in [0, 0.05) is 6.07 Å². The van der Waals surface area contributed by atoms with Crippen molar-refractivity contribution in [1.29, 1.82) is 0 Å². The van der Waals surface area contributed by atoms with Gasteiger partial charge in [-0.1, -0.05) is 17.7 Å². The highest BCUT2D eigenvalue weighted by Crippen LogP contribution is 2.27. The van der Waals surface area contributed by atoms with Crippen molar-refractivity contribution in [1.82, 2.24) is 0 Å². The first-order valence-corrected chi connectivity index (χ1v) is 7.69. The number of carboxylic acids is 1. The Kier molecular flexibility index (Phi) is 3.97. The van der Waals surface area contributed by atoms with Gasteiger partial charge in [0.15, 0.2) is 0 Å². The Bertz CT molecular complexity index is 810. The van der Waals surface area contributed by atoms with Gasteiger partial charge in [-0.3, -0.25) is 4.72 Å². The van der Waals surface area contributed by atoms with Crippen LogP contribution in [0.4, 0.5) is 5.69 Å². The van der Waals surface area contributed by atoms with E-state index < -0.39 is 21.8 Å². The first-order valence-electron chi connectivity index (χ1n) is 5.83. The summed E-state index contributed by atoms with van der Waals surface area (Å²) < 4.78 is 31.8. The minimum Gasteiger partial charge on any atom is -0.475 e. The Labute approximate surface area is 126 Å². The highest BCUT2D eigenvalue weighted by atomic mass is 35.5. The Morgan fingerprint density at radius 3 is 2.52 bits per heavy atom. The fraction of sp³-hybridized carbons (Fsp3) is 0.154. The van der Waals surface area contributed by atoms with E-state index in [1.165, 1.54) is 6.92 Å². The first kappa shape index (κ1) is 15.4. The predicted octanol–water partition coefficient (Wildman–Crippen LogP) is 3.05. The molecule has 0 aliphatic carbocycles. The average Bonchev–Trinajstić information content (AvgIpc) is 2.77. The van der Waals surface area contributed by atoms with E-state index in [0.29, 0.717) is 0 Å². The van der Waals surface area contributed by atoms with Gasteiger partial charge in [0.25, 0.3) is 10.0 Å². The molecule has 6 nitrogen and oxygen atoms in total. The van der Waals surface area contributed by atoms with E-state index in [1.54, 1.807) is 25.1 Å². The topological polar surface area (TPSA) is 96.6 Å². The maximum absolute atomic E-state index is 12.3. The molecule has 1 aromatic carbocycles. The number of hydrogen-bond donors (Lipinski definition) is 2. The largest absolute Gasteiger partial charge is 0.475 e.